The van der Waals surface area contributed by atoms with Crippen LogP contribution in [0, 0.1) is 17.6 Å². The van der Waals surface area contributed by atoms with Crippen LogP contribution in [0.1, 0.15) is 31.2 Å². The minimum Gasteiger partial charge on any atom is -0.368 e. The van der Waals surface area contributed by atoms with Gasteiger partial charge in [0.25, 0.3) is 5.91 Å². The van der Waals surface area contributed by atoms with Gasteiger partial charge in [0.15, 0.2) is 17.2 Å². The molecule has 2 aliphatic rings. The van der Waals surface area contributed by atoms with Crippen LogP contribution in [-0.4, -0.2) is 31.4 Å². The number of anilines is 1. The molecule has 142 valence electrons. The van der Waals surface area contributed by atoms with Crippen molar-refractivity contribution in [1.29, 1.82) is 0 Å². The molecule has 2 N–H and O–H groups in total. The van der Waals surface area contributed by atoms with Gasteiger partial charge in [-0.25, -0.2) is 17.6 Å². The predicted molar refractivity (Wildman–Crippen MR) is 83.5 cm³/mol. The summed E-state index contributed by atoms with van der Waals surface area (Å²) in [6.45, 7) is -0.551. The summed E-state index contributed by atoms with van der Waals surface area (Å²) < 4.78 is 61.1. The molecule has 0 radical (unpaired) electrons. The first-order valence-corrected chi connectivity index (χ1v) is 8.16. The summed E-state index contributed by atoms with van der Waals surface area (Å²) >= 11 is 0. The van der Waals surface area contributed by atoms with Crippen LogP contribution < -0.4 is 10.6 Å². The fourth-order valence-corrected chi connectivity index (χ4v) is 4.03. The summed E-state index contributed by atoms with van der Waals surface area (Å²) in [5.74, 6) is -7.79. The summed E-state index contributed by atoms with van der Waals surface area (Å²) in [6, 6.07) is 1.99. The summed E-state index contributed by atoms with van der Waals surface area (Å²) in [5, 5.41) is 0. The summed E-state index contributed by atoms with van der Waals surface area (Å²) in [6.07, 6.45) is -1.19. The van der Waals surface area contributed by atoms with Crippen molar-refractivity contribution in [2.75, 3.05) is 18.6 Å². The Morgan fingerprint density at radius 2 is 1.92 bits per heavy atom. The number of carbonyl (C=O) groups is 2. The van der Waals surface area contributed by atoms with Crippen LogP contribution in [-0.2, 0) is 19.9 Å². The van der Waals surface area contributed by atoms with E-state index in [-0.39, 0.29) is 24.1 Å². The fraction of sp³-hybridized carbons (Fsp3) is 0.529. The highest BCUT2D eigenvalue weighted by atomic mass is 19.3. The third kappa shape index (κ3) is 2.65. The molecule has 1 heterocycles. The van der Waals surface area contributed by atoms with Crippen molar-refractivity contribution in [1.82, 2.24) is 0 Å². The number of methoxy groups -OCH3 is 1. The van der Waals surface area contributed by atoms with E-state index in [1.165, 1.54) is 0 Å². The first kappa shape index (κ1) is 18.6. The van der Waals surface area contributed by atoms with Crippen LogP contribution in [0.25, 0.3) is 0 Å². The second kappa shape index (κ2) is 6.22. The van der Waals surface area contributed by atoms with Crippen molar-refractivity contribution in [3.8, 4) is 0 Å². The second-order valence-corrected chi connectivity index (χ2v) is 6.68. The number of ether oxygens (including phenoxy) is 1. The van der Waals surface area contributed by atoms with E-state index in [1.54, 1.807) is 0 Å². The number of halogens is 4. The van der Waals surface area contributed by atoms with E-state index < -0.39 is 60.3 Å². The van der Waals surface area contributed by atoms with E-state index in [1.807, 2.05) is 0 Å². The van der Waals surface area contributed by atoms with Gasteiger partial charge >= 0.3 is 0 Å². The Morgan fingerprint density at radius 1 is 1.31 bits per heavy atom. The van der Waals surface area contributed by atoms with Crippen LogP contribution in [0.4, 0.5) is 23.2 Å². The summed E-state index contributed by atoms with van der Waals surface area (Å²) in [7, 11) is 1.15. The van der Waals surface area contributed by atoms with Gasteiger partial charge in [0.1, 0.15) is 6.54 Å². The molecule has 26 heavy (non-hydrogen) atoms. The molecule has 1 aliphatic heterocycles. The Morgan fingerprint density at radius 3 is 2.46 bits per heavy atom. The molecule has 5 nitrogen and oxygen atoms in total. The Labute approximate surface area is 147 Å². The van der Waals surface area contributed by atoms with Gasteiger partial charge in [-0.2, -0.15) is 0 Å². The molecule has 0 saturated heterocycles. The van der Waals surface area contributed by atoms with Crippen molar-refractivity contribution in [3.05, 3.63) is 29.3 Å². The highest BCUT2D eigenvalue weighted by molar-refractivity contribution is 6.10. The van der Waals surface area contributed by atoms with Crippen molar-refractivity contribution >= 4 is 17.5 Å². The maximum atomic E-state index is 14.7. The molecule has 1 aliphatic carbocycles. The topological polar surface area (TPSA) is 72.6 Å². The summed E-state index contributed by atoms with van der Waals surface area (Å²) in [4.78, 5) is 25.4. The van der Waals surface area contributed by atoms with Gasteiger partial charge in [-0.3, -0.25) is 14.5 Å². The van der Waals surface area contributed by atoms with Gasteiger partial charge in [-0.05, 0) is 25.0 Å². The average Bonchev–Trinajstić information content (AvgIpc) is 2.81. The van der Waals surface area contributed by atoms with E-state index >= 15 is 0 Å². The van der Waals surface area contributed by atoms with Gasteiger partial charge in [0.2, 0.25) is 11.8 Å². The van der Waals surface area contributed by atoms with Crippen LogP contribution in [0.5, 0.6) is 0 Å². The summed E-state index contributed by atoms with van der Waals surface area (Å²) in [5.41, 5.74) is 2.80. The number of hydrogen-bond acceptors (Lipinski definition) is 3. The average molecular weight is 374 g/mol. The normalized spacial score (nSPS) is 25.4. The molecule has 1 aromatic rings. The molecular formula is C17H18F4N2O3. The number of alkyl halides is 2. The van der Waals surface area contributed by atoms with Crippen molar-refractivity contribution in [2.45, 2.75) is 37.2 Å². The minimum absolute atomic E-state index is 0.0353. The van der Waals surface area contributed by atoms with Gasteiger partial charge < -0.3 is 10.5 Å². The van der Waals surface area contributed by atoms with Gasteiger partial charge in [-0.15, -0.1) is 0 Å². The molecule has 1 fully saturated rings. The molecule has 2 amide bonds. The van der Waals surface area contributed by atoms with E-state index in [4.69, 9.17) is 10.5 Å². The molecule has 0 aromatic heterocycles. The first-order chi connectivity index (χ1) is 12.1. The molecule has 3 rings (SSSR count). The highest BCUT2D eigenvalue weighted by Gasteiger charge is 2.59. The number of hydrogen-bond donors (Lipinski definition) is 1. The monoisotopic (exact) mass is 374 g/mol. The predicted octanol–water partition coefficient (Wildman–Crippen LogP) is 2.46. The SMILES string of the molecule is CO[C@]1(C2CCC(F)(F)CC2)C(=O)N(CC(N)=O)c2ccc(F)c(F)c21. The van der Waals surface area contributed by atoms with Gasteiger partial charge in [0, 0.05) is 25.9 Å². The second-order valence-electron chi connectivity index (χ2n) is 6.68. The number of nitrogens with two attached hydrogens (primary N) is 1. The Kier molecular flexibility index (Phi) is 4.46. The third-order valence-electron chi connectivity index (χ3n) is 5.23. The van der Waals surface area contributed by atoms with Crippen molar-refractivity contribution in [2.24, 2.45) is 11.7 Å². The maximum Gasteiger partial charge on any atom is 0.264 e. The molecule has 1 saturated carbocycles. The van der Waals surface area contributed by atoms with E-state index in [0.717, 1.165) is 24.1 Å². The smallest absolute Gasteiger partial charge is 0.264 e. The number of nitrogens with zero attached hydrogens (tertiary/aromatic N) is 1. The molecule has 0 spiro atoms. The zero-order valence-electron chi connectivity index (χ0n) is 14.0. The maximum absolute atomic E-state index is 14.7. The fourth-order valence-electron chi connectivity index (χ4n) is 4.03. The van der Waals surface area contributed by atoms with Crippen molar-refractivity contribution < 1.29 is 31.9 Å². The molecule has 1 atom stereocenters. The molecule has 0 bridgehead atoms. The van der Waals surface area contributed by atoms with Gasteiger partial charge in [-0.1, -0.05) is 0 Å². The Balaban J connectivity index is 2.15. The minimum atomic E-state index is -2.87. The number of carbonyl (C=O) groups excluding carboxylic acids is 2. The Bertz CT molecular complexity index is 761. The number of rotatable bonds is 4. The zero-order chi connectivity index (χ0) is 19.3. The molecule has 1 aromatic carbocycles. The van der Waals surface area contributed by atoms with Crippen LogP contribution in [0.2, 0.25) is 0 Å². The zero-order valence-corrected chi connectivity index (χ0v) is 14.0. The van der Waals surface area contributed by atoms with E-state index in [0.29, 0.717) is 0 Å². The standard InChI is InChI=1S/C17H18F4N2O3/c1-26-17(9-4-6-16(20,21)7-5-9)13-11(3-2-10(18)14(13)19)23(15(17)25)8-12(22)24/h2-3,9H,4-8H2,1H3,(H2,22,24)/t17-/m0/s1. The number of fused-ring (bicyclic) bond motifs is 1. The highest BCUT2D eigenvalue weighted by Crippen LogP contribution is 2.53. The van der Waals surface area contributed by atoms with E-state index in [9.17, 15) is 27.2 Å². The quantitative estimate of drug-likeness (QED) is 0.823. The number of amides is 2. The van der Waals surface area contributed by atoms with Crippen LogP contribution in [0.15, 0.2) is 12.1 Å². The lowest BCUT2D eigenvalue weighted by atomic mass is 9.72. The number of primary amides is 1. The largest absolute Gasteiger partial charge is 0.368 e. The molecule has 9 heteroatoms. The lowest BCUT2D eigenvalue weighted by Gasteiger charge is -2.39. The van der Waals surface area contributed by atoms with Crippen molar-refractivity contribution in [3.63, 3.8) is 0 Å². The lowest BCUT2D eigenvalue weighted by Crippen LogP contribution is -2.50. The first-order valence-electron chi connectivity index (χ1n) is 8.16. The molecular weight excluding hydrogens is 356 g/mol. The Hall–Kier alpha value is -2.16. The number of benzene rings is 1. The van der Waals surface area contributed by atoms with Crippen LogP contribution in [0.3, 0.4) is 0 Å². The molecule has 0 unspecified atom stereocenters. The van der Waals surface area contributed by atoms with Crippen LogP contribution >= 0.6 is 0 Å². The third-order valence-corrected chi connectivity index (χ3v) is 5.23. The lowest BCUT2D eigenvalue weighted by molar-refractivity contribution is -0.156. The van der Waals surface area contributed by atoms with Gasteiger partial charge in [0.05, 0.1) is 11.3 Å². The van der Waals surface area contributed by atoms with E-state index in [2.05, 4.69) is 0 Å².